The minimum atomic E-state index is -0.390. The van der Waals surface area contributed by atoms with Gasteiger partial charge < -0.3 is 19.6 Å². The van der Waals surface area contributed by atoms with Crippen LogP contribution < -0.4 is 5.32 Å². The topological polar surface area (TPSA) is 93.0 Å². The molecule has 2 N–H and O–H groups in total. The van der Waals surface area contributed by atoms with Crippen LogP contribution in [0.2, 0.25) is 0 Å². The first-order valence-corrected chi connectivity index (χ1v) is 11.8. The van der Waals surface area contributed by atoms with E-state index in [9.17, 15) is 4.79 Å². The lowest BCUT2D eigenvalue weighted by Gasteiger charge is -2.26. The van der Waals surface area contributed by atoms with E-state index in [-0.39, 0.29) is 29.6 Å². The summed E-state index contributed by atoms with van der Waals surface area (Å²) in [4.78, 5) is 21.0. The van der Waals surface area contributed by atoms with E-state index >= 15 is 4.39 Å². The van der Waals surface area contributed by atoms with Crippen molar-refractivity contribution in [3.63, 3.8) is 0 Å². The van der Waals surface area contributed by atoms with Crippen molar-refractivity contribution in [1.82, 2.24) is 20.4 Å². The average molecular weight is 451 g/mol. The number of ether oxygens (including phenoxy) is 1. The molecule has 7 nitrogen and oxygen atoms in total. The molecular weight excluding hydrogens is 423 g/mol. The van der Waals surface area contributed by atoms with Gasteiger partial charge in [-0.3, -0.25) is 4.79 Å². The van der Waals surface area contributed by atoms with Gasteiger partial charge in [-0.1, -0.05) is 22.9 Å². The molecule has 3 unspecified atom stereocenters. The Morgan fingerprint density at radius 2 is 2.06 bits per heavy atom. The predicted molar refractivity (Wildman–Crippen MR) is 119 cm³/mol. The average Bonchev–Trinajstić information content (AvgIpc) is 3.25. The lowest BCUT2D eigenvalue weighted by molar-refractivity contribution is 0.0846. The van der Waals surface area contributed by atoms with E-state index in [4.69, 9.17) is 14.2 Å². The second kappa shape index (κ2) is 8.09. The number of aromatic amines is 1. The number of aryl methyl sites for hydroxylation is 1. The van der Waals surface area contributed by atoms with Crippen molar-refractivity contribution in [2.24, 2.45) is 11.8 Å². The minimum absolute atomic E-state index is 0.0986. The van der Waals surface area contributed by atoms with Crippen LogP contribution in [0.25, 0.3) is 11.0 Å². The van der Waals surface area contributed by atoms with Gasteiger partial charge in [0.25, 0.3) is 5.91 Å². The zero-order valence-corrected chi connectivity index (χ0v) is 18.6. The molecule has 0 spiro atoms. The summed E-state index contributed by atoms with van der Waals surface area (Å²) < 4.78 is 25.9. The third-order valence-corrected chi connectivity index (χ3v) is 7.43. The molecule has 3 aliphatic rings. The van der Waals surface area contributed by atoms with Crippen molar-refractivity contribution in [3.05, 3.63) is 58.5 Å². The number of nitrogens with one attached hydrogen (secondary N) is 2. The Morgan fingerprint density at radius 3 is 2.82 bits per heavy atom. The summed E-state index contributed by atoms with van der Waals surface area (Å²) in [5.41, 5.74) is 4.07. The fourth-order valence-electron chi connectivity index (χ4n) is 5.39. The molecule has 1 amide bonds. The zero-order chi connectivity index (χ0) is 22.5. The van der Waals surface area contributed by atoms with Gasteiger partial charge in [0, 0.05) is 19.1 Å². The number of hydrogen-bond donors (Lipinski definition) is 2. The summed E-state index contributed by atoms with van der Waals surface area (Å²) in [6.07, 6.45) is 8.46. The Morgan fingerprint density at radius 1 is 1.21 bits per heavy atom. The number of allylic oxidation sites excluding steroid dienone is 1. The summed E-state index contributed by atoms with van der Waals surface area (Å²) in [5, 5.41) is 6.95. The summed E-state index contributed by atoms with van der Waals surface area (Å²) in [5.74, 6) is 0.987. The van der Waals surface area contributed by atoms with Gasteiger partial charge in [-0.15, -0.1) is 0 Å². The molecule has 0 bridgehead atoms. The molecule has 2 aliphatic carbocycles. The lowest BCUT2D eigenvalue weighted by atomic mass is 9.88. The molecule has 8 heteroatoms. The number of aromatic nitrogens is 3. The molecule has 1 saturated heterocycles. The van der Waals surface area contributed by atoms with E-state index in [1.165, 1.54) is 11.8 Å². The molecule has 33 heavy (non-hydrogen) atoms. The number of H-pyrrole nitrogens is 1. The Bertz CT molecular complexity index is 1240. The Kier molecular flexibility index (Phi) is 5.05. The van der Waals surface area contributed by atoms with Gasteiger partial charge in [-0.05, 0) is 62.5 Å². The van der Waals surface area contributed by atoms with Gasteiger partial charge in [-0.2, -0.15) is 0 Å². The molecule has 3 atom stereocenters. The number of benzene rings is 1. The monoisotopic (exact) mass is 450 g/mol. The molecule has 2 aromatic heterocycles. The van der Waals surface area contributed by atoms with Gasteiger partial charge in [0.05, 0.1) is 17.3 Å². The summed E-state index contributed by atoms with van der Waals surface area (Å²) in [6.45, 7) is 3.04. The highest BCUT2D eigenvalue weighted by molar-refractivity contribution is 5.95. The molecular formula is C25H27FN4O3. The Labute approximate surface area is 190 Å². The molecule has 3 aromatic rings. The van der Waals surface area contributed by atoms with Crippen LogP contribution in [0.4, 0.5) is 4.39 Å². The molecule has 0 radical (unpaired) electrons. The van der Waals surface area contributed by atoms with Crippen LogP contribution in [-0.2, 0) is 4.74 Å². The number of rotatable bonds is 5. The number of carbonyl (C=O) groups excluding carboxylic acids is 1. The van der Waals surface area contributed by atoms with Crippen molar-refractivity contribution in [3.8, 4) is 0 Å². The Balaban J connectivity index is 1.36. The van der Waals surface area contributed by atoms with Crippen LogP contribution in [0.1, 0.15) is 71.5 Å². The van der Waals surface area contributed by atoms with E-state index in [2.05, 4.69) is 21.5 Å². The highest BCUT2D eigenvalue weighted by Gasteiger charge is 2.38. The number of fused-ring (bicyclic) bond motifs is 2. The second-order valence-electron chi connectivity index (χ2n) is 9.52. The van der Waals surface area contributed by atoms with Crippen LogP contribution >= 0.6 is 0 Å². The van der Waals surface area contributed by atoms with Crippen molar-refractivity contribution >= 4 is 16.9 Å². The number of hydrogen-bond acceptors (Lipinski definition) is 5. The maximum atomic E-state index is 15.5. The minimum Gasteiger partial charge on any atom is -0.381 e. The molecule has 1 aromatic carbocycles. The van der Waals surface area contributed by atoms with Gasteiger partial charge in [-0.25, -0.2) is 9.37 Å². The molecule has 1 aliphatic heterocycles. The molecule has 6 rings (SSSR count). The highest BCUT2D eigenvalue weighted by atomic mass is 19.1. The number of halogens is 1. The number of nitrogens with zero attached hydrogens (tertiary/aromatic N) is 2. The third-order valence-electron chi connectivity index (χ3n) is 7.43. The first-order chi connectivity index (χ1) is 16.1. The first kappa shape index (κ1) is 20.6. The van der Waals surface area contributed by atoms with Crippen LogP contribution in [0.15, 0.2) is 34.6 Å². The smallest absolute Gasteiger partial charge is 0.257 e. The summed E-state index contributed by atoms with van der Waals surface area (Å²) in [6, 6.07) is 3.37. The van der Waals surface area contributed by atoms with Gasteiger partial charge >= 0.3 is 0 Å². The van der Waals surface area contributed by atoms with E-state index in [0.29, 0.717) is 52.8 Å². The van der Waals surface area contributed by atoms with Crippen molar-refractivity contribution in [2.75, 3.05) is 13.2 Å². The van der Waals surface area contributed by atoms with Crippen LogP contribution in [0.3, 0.4) is 0 Å². The maximum Gasteiger partial charge on any atom is 0.257 e. The van der Waals surface area contributed by atoms with E-state index in [1.807, 2.05) is 12.1 Å². The third kappa shape index (κ3) is 3.76. The van der Waals surface area contributed by atoms with E-state index in [1.54, 1.807) is 6.92 Å². The van der Waals surface area contributed by atoms with E-state index in [0.717, 1.165) is 32.1 Å². The van der Waals surface area contributed by atoms with Gasteiger partial charge in [0.2, 0.25) is 0 Å². The fourth-order valence-corrected chi connectivity index (χ4v) is 5.39. The number of carbonyl (C=O) groups is 1. The standard InChI is InChI=1S/C25H27FN4O3/c1-13-19(12-33-30-13)25(31)29-22(16-3-2-15-10-17(15)11-16)24-27-20-5-4-18(21(26)23(20)28-24)14-6-8-32-9-7-14/h4-5,11-12,14-16,22H,2-3,6-10H2,1H3,(H,27,28)(H,29,31). The molecule has 3 heterocycles. The lowest BCUT2D eigenvalue weighted by Crippen LogP contribution is -2.34. The molecule has 2 fully saturated rings. The predicted octanol–water partition coefficient (Wildman–Crippen LogP) is 4.72. The van der Waals surface area contributed by atoms with Gasteiger partial charge in [0.15, 0.2) is 5.82 Å². The molecule has 1 saturated carbocycles. The Hall–Kier alpha value is -3.00. The summed E-state index contributed by atoms with van der Waals surface area (Å²) in [7, 11) is 0. The van der Waals surface area contributed by atoms with Gasteiger partial charge in [0.1, 0.15) is 23.2 Å². The highest BCUT2D eigenvalue weighted by Crippen LogP contribution is 2.49. The normalized spacial score (nSPS) is 23.8. The van der Waals surface area contributed by atoms with Crippen molar-refractivity contribution in [1.29, 1.82) is 0 Å². The maximum absolute atomic E-state index is 15.5. The molecule has 172 valence electrons. The van der Waals surface area contributed by atoms with Crippen LogP contribution in [0, 0.1) is 24.6 Å². The second-order valence-corrected chi connectivity index (χ2v) is 9.52. The van der Waals surface area contributed by atoms with E-state index < -0.39 is 0 Å². The largest absolute Gasteiger partial charge is 0.381 e. The van der Waals surface area contributed by atoms with Crippen LogP contribution in [-0.4, -0.2) is 34.2 Å². The number of amides is 1. The van der Waals surface area contributed by atoms with Crippen molar-refractivity contribution < 1.29 is 18.4 Å². The quantitative estimate of drug-likeness (QED) is 0.549. The SMILES string of the molecule is Cc1nocc1C(=O)NC(c1nc2c(F)c(C3CCOCC3)ccc2[nH]1)C1C=C2CC2CC1. The number of imidazole rings is 1. The zero-order valence-electron chi connectivity index (χ0n) is 18.6. The van der Waals surface area contributed by atoms with Crippen LogP contribution in [0.5, 0.6) is 0 Å². The summed E-state index contributed by atoms with van der Waals surface area (Å²) >= 11 is 0. The first-order valence-electron chi connectivity index (χ1n) is 11.8. The fraction of sp³-hybridized carbons (Fsp3) is 0.480. The van der Waals surface area contributed by atoms with Crippen molar-refractivity contribution in [2.45, 2.75) is 51.0 Å².